The van der Waals surface area contributed by atoms with Crippen molar-refractivity contribution in [2.75, 3.05) is 19.6 Å². The molecule has 2 rings (SSSR count). The third-order valence-corrected chi connectivity index (χ3v) is 4.50. The number of alkyl halides is 3. The Morgan fingerprint density at radius 2 is 1.82 bits per heavy atom. The summed E-state index contributed by atoms with van der Waals surface area (Å²) in [4.78, 5) is 24.6. The van der Waals surface area contributed by atoms with E-state index in [2.05, 4.69) is 0 Å². The average molecular weight is 324 g/mol. The summed E-state index contributed by atoms with van der Waals surface area (Å²) in [5, 5.41) is 18.2. The fourth-order valence-electron chi connectivity index (χ4n) is 3.39. The first-order chi connectivity index (χ1) is 10.2. The summed E-state index contributed by atoms with van der Waals surface area (Å²) in [7, 11) is 0. The molecule has 2 heterocycles. The lowest BCUT2D eigenvalue weighted by Crippen LogP contribution is -2.54. The number of rotatable bonds is 3. The molecule has 0 aromatic rings. The van der Waals surface area contributed by atoms with Gasteiger partial charge in [-0.25, -0.2) is 4.79 Å². The minimum Gasteiger partial charge on any atom is -0.481 e. The molecule has 9 heteroatoms. The monoisotopic (exact) mass is 324 g/mol. The molecular weight excluding hydrogens is 305 g/mol. The van der Waals surface area contributed by atoms with Crippen LogP contribution in [0.5, 0.6) is 0 Å². The molecule has 126 valence electrons. The van der Waals surface area contributed by atoms with Crippen LogP contribution in [0.2, 0.25) is 0 Å². The van der Waals surface area contributed by atoms with Crippen LogP contribution >= 0.6 is 0 Å². The number of hydrogen-bond acceptors (Lipinski definition) is 3. The molecule has 0 aromatic carbocycles. The topological polar surface area (TPSA) is 81.1 Å². The second kappa shape index (κ2) is 6.31. The van der Waals surface area contributed by atoms with E-state index < -0.39 is 36.2 Å². The van der Waals surface area contributed by atoms with Gasteiger partial charge in [0.1, 0.15) is 6.04 Å². The summed E-state index contributed by atoms with van der Waals surface area (Å²) < 4.78 is 38.9. The van der Waals surface area contributed by atoms with Gasteiger partial charge in [0.15, 0.2) is 0 Å². The van der Waals surface area contributed by atoms with Crippen molar-refractivity contribution in [2.24, 2.45) is 5.92 Å². The molecule has 22 heavy (non-hydrogen) atoms. The molecule has 0 saturated carbocycles. The fraction of sp³-hybridized carbons (Fsp3) is 0.846. The first-order valence-corrected chi connectivity index (χ1v) is 7.23. The van der Waals surface area contributed by atoms with Crippen LogP contribution in [-0.2, 0) is 4.79 Å². The van der Waals surface area contributed by atoms with Crippen molar-refractivity contribution < 1.29 is 33.0 Å². The number of carboxylic acids is 1. The van der Waals surface area contributed by atoms with Crippen LogP contribution in [0.4, 0.5) is 18.0 Å². The van der Waals surface area contributed by atoms with Crippen molar-refractivity contribution in [1.82, 2.24) is 9.80 Å². The number of aliphatic carboxylic acids is 1. The number of likely N-dealkylation sites (tertiary alicyclic amines) is 2. The highest BCUT2D eigenvalue weighted by Crippen LogP contribution is 2.34. The Morgan fingerprint density at radius 1 is 1.14 bits per heavy atom. The minimum absolute atomic E-state index is 0.00561. The Bertz CT molecular complexity index is 443. The molecule has 0 bridgehead atoms. The summed E-state index contributed by atoms with van der Waals surface area (Å²) in [6.07, 6.45) is -4.89. The zero-order chi connectivity index (χ0) is 16.5. The van der Waals surface area contributed by atoms with Gasteiger partial charge in [-0.1, -0.05) is 0 Å². The number of halogens is 3. The predicted octanol–water partition coefficient (Wildman–Crippen LogP) is 1.86. The molecule has 3 atom stereocenters. The van der Waals surface area contributed by atoms with E-state index in [0.717, 1.165) is 4.90 Å². The molecule has 0 spiro atoms. The van der Waals surface area contributed by atoms with Crippen LogP contribution < -0.4 is 0 Å². The summed E-state index contributed by atoms with van der Waals surface area (Å²) in [5.41, 5.74) is 0. The molecule has 0 radical (unpaired) electrons. The van der Waals surface area contributed by atoms with Crippen molar-refractivity contribution >= 4 is 12.1 Å². The van der Waals surface area contributed by atoms with E-state index in [9.17, 15) is 27.9 Å². The van der Waals surface area contributed by atoms with E-state index in [1.807, 2.05) is 0 Å². The maximum atomic E-state index is 13.0. The van der Waals surface area contributed by atoms with Crippen LogP contribution in [0.1, 0.15) is 25.7 Å². The lowest BCUT2D eigenvalue weighted by molar-refractivity contribution is -0.178. The highest BCUT2D eigenvalue weighted by molar-refractivity contribution is 5.71. The van der Waals surface area contributed by atoms with Gasteiger partial charge in [0.25, 0.3) is 0 Å². The maximum Gasteiger partial charge on any atom is 0.407 e. The molecule has 0 aliphatic carbocycles. The number of nitrogens with zero attached hydrogens (tertiary/aromatic N) is 2. The molecule has 2 aliphatic heterocycles. The summed E-state index contributed by atoms with van der Waals surface area (Å²) in [6.45, 7) is 0.230. The molecule has 2 saturated heterocycles. The van der Waals surface area contributed by atoms with Gasteiger partial charge in [0.2, 0.25) is 0 Å². The van der Waals surface area contributed by atoms with Crippen LogP contribution in [0, 0.1) is 5.92 Å². The van der Waals surface area contributed by atoms with Crippen LogP contribution in [0.3, 0.4) is 0 Å². The number of piperidine rings is 1. The first kappa shape index (κ1) is 16.9. The molecule has 2 aliphatic rings. The van der Waals surface area contributed by atoms with Crippen LogP contribution in [0.15, 0.2) is 0 Å². The Labute approximate surface area is 125 Å². The highest BCUT2D eigenvalue weighted by Gasteiger charge is 2.47. The third-order valence-electron chi connectivity index (χ3n) is 4.50. The van der Waals surface area contributed by atoms with Crippen molar-refractivity contribution in [1.29, 1.82) is 0 Å². The van der Waals surface area contributed by atoms with Gasteiger partial charge in [0, 0.05) is 19.1 Å². The molecule has 3 unspecified atom stereocenters. The van der Waals surface area contributed by atoms with E-state index in [1.165, 1.54) is 4.90 Å². The normalized spacial score (nSPS) is 30.5. The van der Waals surface area contributed by atoms with E-state index >= 15 is 0 Å². The van der Waals surface area contributed by atoms with Crippen molar-refractivity contribution in [2.45, 2.75) is 43.9 Å². The third kappa shape index (κ3) is 3.63. The van der Waals surface area contributed by atoms with Gasteiger partial charge in [-0.05, 0) is 32.2 Å². The Morgan fingerprint density at radius 3 is 2.36 bits per heavy atom. The zero-order valence-electron chi connectivity index (χ0n) is 11.9. The Kier molecular flexibility index (Phi) is 4.84. The SMILES string of the molecule is O=C(O)C1CCN(C(=O)O)C(CN2CCCC2C(F)(F)F)C1. The zero-order valence-corrected chi connectivity index (χ0v) is 11.9. The van der Waals surface area contributed by atoms with Crippen molar-refractivity contribution in [3.05, 3.63) is 0 Å². The number of carbonyl (C=O) groups is 2. The minimum atomic E-state index is -4.34. The number of amides is 1. The van der Waals surface area contributed by atoms with Crippen molar-refractivity contribution in [3.8, 4) is 0 Å². The Balaban J connectivity index is 2.09. The molecule has 0 aromatic heterocycles. The molecule has 2 N–H and O–H groups in total. The van der Waals surface area contributed by atoms with Gasteiger partial charge >= 0.3 is 18.2 Å². The van der Waals surface area contributed by atoms with Gasteiger partial charge in [-0.2, -0.15) is 13.2 Å². The first-order valence-electron chi connectivity index (χ1n) is 7.23. The second-order valence-corrected chi connectivity index (χ2v) is 5.88. The molecule has 6 nitrogen and oxygen atoms in total. The second-order valence-electron chi connectivity index (χ2n) is 5.88. The molecule has 2 fully saturated rings. The van der Waals surface area contributed by atoms with Crippen LogP contribution in [0.25, 0.3) is 0 Å². The Hall–Kier alpha value is -1.51. The predicted molar refractivity (Wildman–Crippen MR) is 69.5 cm³/mol. The van der Waals surface area contributed by atoms with Crippen LogP contribution in [-0.4, -0.2) is 70.0 Å². The van der Waals surface area contributed by atoms with Crippen molar-refractivity contribution in [3.63, 3.8) is 0 Å². The fourth-order valence-corrected chi connectivity index (χ4v) is 3.39. The summed E-state index contributed by atoms with van der Waals surface area (Å²) in [5.74, 6) is -1.73. The van der Waals surface area contributed by atoms with Gasteiger partial charge in [0.05, 0.1) is 5.92 Å². The quantitative estimate of drug-likeness (QED) is 0.828. The summed E-state index contributed by atoms with van der Waals surface area (Å²) in [6, 6.07) is -2.27. The van der Waals surface area contributed by atoms with E-state index in [0.29, 0.717) is 6.42 Å². The smallest absolute Gasteiger partial charge is 0.407 e. The van der Waals surface area contributed by atoms with E-state index in [1.54, 1.807) is 0 Å². The van der Waals surface area contributed by atoms with E-state index in [4.69, 9.17) is 5.11 Å². The summed E-state index contributed by atoms with van der Waals surface area (Å²) >= 11 is 0. The number of hydrogen-bond donors (Lipinski definition) is 2. The largest absolute Gasteiger partial charge is 0.481 e. The van der Waals surface area contributed by atoms with Gasteiger partial charge in [-0.3, -0.25) is 9.69 Å². The van der Waals surface area contributed by atoms with Gasteiger partial charge < -0.3 is 15.1 Å². The molecule has 1 amide bonds. The highest BCUT2D eigenvalue weighted by atomic mass is 19.4. The average Bonchev–Trinajstić information content (AvgIpc) is 2.86. The lowest BCUT2D eigenvalue weighted by atomic mass is 9.90. The van der Waals surface area contributed by atoms with E-state index in [-0.39, 0.29) is 38.9 Å². The number of carboxylic acid groups (broad SMARTS) is 2. The van der Waals surface area contributed by atoms with Gasteiger partial charge in [-0.15, -0.1) is 0 Å². The maximum absolute atomic E-state index is 13.0. The standard InChI is InChI=1S/C13H19F3N2O4/c14-13(15,16)10-2-1-4-17(10)7-9-6-8(11(19)20)3-5-18(9)12(21)22/h8-10H,1-7H2,(H,19,20)(H,21,22). The lowest BCUT2D eigenvalue weighted by Gasteiger charge is -2.39. The molecular formula is C13H19F3N2O4.